The van der Waals surface area contributed by atoms with Gasteiger partial charge in [0, 0.05) is 33.3 Å². The lowest BCUT2D eigenvalue weighted by Gasteiger charge is -2.27. The number of halogens is 1. The number of aryl methyl sites for hydroxylation is 1. The number of amides is 3. The molecule has 3 aromatic rings. The zero-order chi connectivity index (χ0) is 26.4. The number of hydrogen-bond acceptors (Lipinski definition) is 5. The standard InChI is InChI=1S/C27H30FN5O4/c1-31-14-6-8-23(31)22-17-24(19-10-12-20(28)13-11-19)33(30-22)26(34)18-32(15-16-36-2)27(35)29-21-7-4-5-9-25(21)37-3/h4-14,24H,15-18H2,1-3H3,(H,29,35). The van der Waals surface area contributed by atoms with Crippen LogP contribution >= 0.6 is 0 Å². The van der Waals surface area contributed by atoms with E-state index >= 15 is 0 Å². The minimum absolute atomic E-state index is 0.187. The van der Waals surface area contributed by atoms with Gasteiger partial charge in [0.25, 0.3) is 5.91 Å². The van der Waals surface area contributed by atoms with Crippen molar-refractivity contribution in [1.29, 1.82) is 0 Å². The number of carbonyl (C=O) groups excluding carboxylic acids is 2. The fourth-order valence-electron chi connectivity index (χ4n) is 4.23. The van der Waals surface area contributed by atoms with E-state index < -0.39 is 12.1 Å². The second-order valence-corrected chi connectivity index (χ2v) is 8.61. The van der Waals surface area contributed by atoms with Crippen LogP contribution in [-0.2, 0) is 16.6 Å². The minimum Gasteiger partial charge on any atom is -0.495 e. The first-order valence-electron chi connectivity index (χ1n) is 11.9. The average molecular weight is 508 g/mol. The molecule has 9 nitrogen and oxygen atoms in total. The maximum absolute atomic E-state index is 13.6. The quantitative estimate of drug-likeness (QED) is 0.474. The molecule has 0 fully saturated rings. The van der Waals surface area contributed by atoms with Crippen molar-refractivity contribution in [3.8, 4) is 5.75 Å². The van der Waals surface area contributed by atoms with Crippen molar-refractivity contribution in [3.63, 3.8) is 0 Å². The summed E-state index contributed by atoms with van der Waals surface area (Å²) >= 11 is 0. The molecule has 2 heterocycles. The van der Waals surface area contributed by atoms with E-state index in [9.17, 15) is 14.0 Å². The molecule has 4 rings (SSSR count). The molecular weight excluding hydrogens is 477 g/mol. The third kappa shape index (κ3) is 5.97. The van der Waals surface area contributed by atoms with Crippen LogP contribution in [0, 0.1) is 5.82 Å². The predicted octanol–water partition coefficient (Wildman–Crippen LogP) is 4.03. The Labute approximate surface area is 215 Å². The van der Waals surface area contributed by atoms with Gasteiger partial charge in [-0.3, -0.25) is 4.79 Å². The van der Waals surface area contributed by atoms with Crippen LogP contribution in [0.4, 0.5) is 14.9 Å². The van der Waals surface area contributed by atoms with Crippen LogP contribution in [0.15, 0.2) is 72.0 Å². The van der Waals surface area contributed by atoms with E-state index in [-0.39, 0.29) is 31.4 Å². The first-order chi connectivity index (χ1) is 17.9. The molecule has 0 saturated heterocycles. The first-order valence-corrected chi connectivity index (χ1v) is 11.9. The summed E-state index contributed by atoms with van der Waals surface area (Å²) < 4.78 is 26.0. The Bertz CT molecular complexity index is 1270. The third-order valence-electron chi connectivity index (χ3n) is 6.19. The number of carbonyl (C=O) groups is 2. The fourth-order valence-corrected chi connectivity index (χ4v) is 4.23. The maximum atomic E-state index is 13.6. The second-order valence-electron chi connectivity index (χ2n) is 8.61. The summed E-state index contributed by atoms with van der Waals surface area (Å²) in [5.74, 6) is -0.228. The van der Waals surface area contributed by atoms with E-state index in [1.54, 1.807) is 36.4 Å². The van der Waals surface area contributed by atoms with Gasteiger partial charge in [0.05, 0.1) is 36.9 Å². The monoisotopic (exact) mass is 507 g/mol. The summed E-state index contributed by atoms with van der Waals surface area (Å²) in [7, 11) is 4.95. The van der Waals surface area contributed by atoms with Crippen molar-refractivity contribution in [3.05, 3.63) is 83.9 Å². The number of nitrogens with zero attached hydrogens (tertiary/aromatic N) is 4. The van der Waals surface area contributed by atoms with E-state index in [4.69, 9.17) is 9.47 Å². The molecule has 0 saturated carbocycles. The topological polar surface area (TPSA) is 88.4 Å². The lowest BCUT2D eigenvalue weighted by atomic mass is 10.0. The zero-order valence-corrected chi connectivity index (χ0v) is 21.1. The lowest BCUT2D eigenvalue weighted by molar-refractivity contribution is -0.133. The van der Waals surface area contributed by atoms with Gasteiger partial charge in [-0.25, -0.2) is 14.2 Å². The maximum Gasteiger partial charge on any atom is 0.322 e. The summed E-state index contributed by atoms with van der Waals surface area (Å²) in [6.07, 6.45) is 2.37. The number of anilines is 1. The SMILES string of the molecule is COCCN(CC(=O)N1N=C(c2cccn2C)CC1c1ccc(F)cc1)C(=O)Nc1ccccc1OC. The molecule has 194 valence electrons. The molecule has 1 N–H and O–H groups in total. The number of benzene rings is 2. The molecular formula is C27H30FN5O4. The van der Waals surface area contributed by atoms with Crippen molar-refractivity contribution in [2.24, 2.45) is 12.1 Å². The van der Waals surface area contributed by atoms with Gasteiger partial charge in [-0.15, -0.1) is 0 Å². The Morgan fingerprint density at radius 1 is 1.11 bits per heavy atom. The number of ether oxygens (including phenoxy) is 2. The highest BCUT2D eigenvalue weighted by Crippen LogP contribution is 2.33. The van der Waals surface area contributed by atoms with Crippen LogP contribution in [-0.4, -0.2) is 66.0 Å². The Hall–Kier alpha value is -4.18. The molecule has 2 aromatic carbocycles. The number of nitrogens with one attached hydrogen (secondary N) is 1. The van der Waals surface area contributed by atoms with Crippen LogP contribution in [0.2, 0.25) is 0 Å². The highest BCUT2D eigenvalue weighted by atomic mass is 19.1. The van der Waals surface area contributed by atoms with Crippen molar-refractivity contribution < 1.29 is 23.5 Å². The largest absolute Gasteiger partial charge is 0.495 e. The molecule has 0 bridgehead atoms. The highest BCUT2D eigenvalue weighted by Gasteiger charge is 2.35. The predicted molar refractivity (Wildman–Crippen MR) is 138 cm³/mol. The van der Waals surface area contributed by atoms with Gasteiger partial charge in [0.1, 0.15) is 18.1 Å². The Kier molecular flexibility index (Phi) is 8.19. The minimum atomic E-state index is -0.473. The van der Waals surface area contributed by atoms with Crippen LogP contribution < -0.4 is 10.1 Å². The van der Waals surface area contributed by atoms with Gasteiger partial charge in [-0.2, -0.15) is 5.10 Å². The molecule has 0 spiro atoms. The van der Waals surface area contributed by atoms with Crippen molar-refractivity contribution in [1.82, 2.24) is 14.5 Å². The number of para-hydroxylation sites is 2. The van der Waals surface area contributed by atoms with Crippen LogP contribution in [0.3, 0.4) is 0 Å². The van der Waals surface area contributed by atoms with Crippen molar-refractivity contribution in [2.45, 2.75) is 12.5 Å². The number of rotatable bonds is 9. The van der Waals surface area contributed by atoms with Gasteiger partial charge in [0.15, 0.2) is 0 Å². The van der Waals surface area contributed by atoms with Gasteiger partial charge in [-0.05, 0) is 42.0 Å². The number of methoxy groups -OCH3 is 2. The van der Waals surface area contributed by atoms with E-state index in [2.05, 4.69) is 10.4 Å². The molecule has 10 heteroatoms. The summed E-state index contributed by atoms with van der Waals surface area (Å²) in [6, 6.07) is 16.0. The van der Waals surface area contributed by atoms with E-state index in [0.717, 1.165) is 17.0 Å². The van der Waals surface area contributed by atoms with Crippen LogP contribution in [0.1, 0.15) is 23.7 Å². The highest BCUT2D eigenvalue weighted by molar-refractivity contribution is 6.02. The third-order valence-corrected chi connectivity index (χ3v) is 6.19. The average Bonchev–Trinajstić information content (AvgIpc) is 3.53. The normalized spacial score (nSPS) is 14.9. The Morgan fingerprint density at radius 2 is 1.86 bits per heavy atom. The number of urea groups is 1. The summed E-state index contributed by atoms with van der Waals surface area (Å²) in [4.78, 5) is 28.1. The van der Waals surface area contributed by atoms with Crippen LogP contribution in [0.5, 0.6) is 5.75 Å². The molecule has 1 aliphatic heterocycles. The first kappa shape index (κ1) is 25.9. The van der Waals surface area contributed by atoms with Gasteiger partial charge < -0.3 is 24.3 Å². The summed E-state index contributed by atoms with van der Waals surface area (Å²) in [6.45, 7) is 0.199. The molecule has 37 heavy (non-hydrogen) atoms. The molecule has 1 aromatic heterocycles. The van der Waals surface area contributed by atoms with Gasteiger partial charge in [0.2, 0.25) is 0 Å². The van der Waals surface area contributed by atoms with Crippen LogP contribution in [0.25, 0.3) is 0 Å². The number of aromatic nitrogens is 1. The lowest BCUT2D eigenvalue weighted by Crippen LogP contribution is -2.44. The zero-order valence-electron chi connectivity index (χ0n) is 21.1. The molecule has 0 aliphatic carbocycles. The summed E-state index contributed by atoms with van der Waals surface area (Å²) in [5.41, 5.74) is 2.86. The number of hydrogen-bond donors (Lipinski definition) is 1. The molecule has 1 aliphatic rings. The number of hydrazone groups is 1. The van der Waals surface area contributed by atoms with E-state index in [1.807, 2.05) is 29.9 Å². The Morgan fingerprint density at radius 3 is 2.54 bits per heavy atom. The molecule has 1 unspecified atom stereocenters. The van der Waals surface area contributed by atoms with Gasteiger partial charge in [-0.1, -0.05) is 24.3 Å². The molecule has 1 atom stereocenters. The Balaban J connectivity index is 1.58. The van der Waals surface area contributed by atoms with Crippen molar-refractivity contribution >= 4 is 23.3 Å². The molecule has 3 amide bonds. The second kappa shape index (κ2) is 11.7. The smallest absolute Gasteiger partial charge is 0.322 e. The van der Waals surface area contributed by atoms with Crippen molar-refractivity contribution in [2.75, 3.05) is 39.2 Å². The fraction of sp³-hybridized carbons (Fsp3) is 0.296. The summed E-state index contributed by atoms with van der Waals surface area (Å²) in [5, 5.41) is 8.86. The van der Waals surface area contributed by atoms with E-state index in [0.29, 0.717) is 17.9 Å². The van der Waals surface area contributed by atoms with E-state index in [1.165, 1.54) is 36.3 Å². The molecule has 0 radical (unpaired) electrons. The van der Waals surface area contributed by atoms with Gasteiger partial charge >= 0.3 is 6.03 Å².